The summed E-state index contributed by atoms with van der Waals surface area (Å²) in [4.78, 5) is 12.4. The maximum absolute atomic E-state index is 12.4. The fourth-order valence-electron chi connectivity index (χ4n) is 3.10. The number of ketones is 1. The molecule has 0 amide bonds. The summed E-state index contributed by atoms with van der Waals surface area (Å²) in [5.74, 6) is 1.09. The molecule has 2 heteroatoms. The quantitative estimate of drug-likeness (QED) is 0.776. The van der Waals surface area contributed by atoms with Crippen LogP contribution in [0.15, 0.2) is 48.5 Å². The van der Waals surface area contributed by atoms with E-state index in [2.05, 4.69) is 26.8 Å². The molecule has 3 rings (SSSR count). The molecule has 114 valence electrons. The molecule has 2 aromatic carbocycles. The predicted molar refractivity (Wildman–Crippen MR) is 88.7 cm³/mol. The molecule has 1 aliphatic heterocycles. The van der Waals surface area contributed by atoms with Crippen molar-refractivity contribution < 1.29 is 9.53 Å². The average molecular weight is 294 g/mol. The van der Waals surface area contributed by atoms with Crippen LogP contribution in [-0.4, -0.2) is 11.9 Å². The Morgan fingerprint density at radius 1 is 1.09 bits per heavy atom. The second-order valence-corrected chi connectivity index (χ2v) is 6.97. The number of hydrogen-bond donors (Lipinski definition) is 0. The summed E-state index contributed by atoms with van der Waals surface area (Å²) in [6.45, 7) is 6.64. The van der Waals surface area contributed by atoms with Crippen LogP contribution in [0.5, 0.6) is 5.75 Å². The Morgan fingerprint density at radius 3 is 2.50 bits per heavy atom. The van der Waals surface area contributed by atoms with Gasteiger partial charge in [0.2, 0.25) is 0 Å². The number of benzene rings is 2. The molecule has 1 aliphatic rings. The van der Waals surface area contributed by atoms with Crippen LogP contribution in [0.1, 0.15) is 48.7 Å². The highest BCUT2D eigenvalue weighted by Crippen LogP contribution is 2.38. The molecule has 0 saturated heterocycles. The zero-order valence-corrected chi connectivity index (χ0v) is 13.4. The van der Waals surface area contributed by atoms with Crippen LogP contribution in [0.25, 0.3) is 0 Å². The zero-order chi connectivity index (χ0) is 15.7. The van der Waals surface area contributed by atoms with Gasteiger partial charge in [0.1, 0.15) is 11.9 Å². The van der Waals surface area contributed by atoms with Gasteiger partial charge in [0.05, 0.1) is 0 Å². The molecule has 0 aliphatic carbocycles. The largest absolute Gasteiger partial charge is 0.489 e. The Hall–Kier alpha value is -2.09. The Balaban J connectivity index is 1.77. The number of carbonyl (C=O) groups excluding carboxylic acids is 1. The standard InChI is InChI=1S/C20H22O2/c1-20(2,3)17-10-7-11-19-16(17)12-15(22-19)13-18(21)14-8-5-4-6-9-14/h4-11,15H,12-13H2,1-3H3/t15-/m0/s1. The van der Waals surface area contributed by atoms with Crippen molar-refractivity contribution in [2.45, 2.75) is 45.1 Å². The van der Waals surface area contributed by atoms with E-state index in [0.29, 0.717) is 6.42 Å². The minimum atomic E-state index is -0.0498. The summed E-state index contributed by atoms with van der Waals surface area (Å²) >= 11 is 0. The molecule has 2 nitrogen and oxygen atoms in total. The Morgan fingerprint density at radius 2 is 1.82 bits per heavy atom. The van der Waals surface area contributed by atoms with E-state index in [1.807, 2.05) is 42.5 Å². The lowest BCUT2D eigenvalue weighted by Gasteiger charge is -2.21. The smallest absolute Gasteiger partial charge is 0.166 e. The lowest BCUT2D eigenvalue weighted by Crippen LogP contribution is -2.19. The van der Waals surface area contributed by atoms with E-state index < -0.39 is 0 Å². The van der Waals surface area contributed by atoms with Gasteiger partial charge < -0.3 is 4.74 Å². The Labute approximate surface area is 132 Å². The summed E-state index contributed by atoms with van der Waals surface area (Å²) in [7, 11) is 0. The molecular formula is C20H22O2. The third-order valence-electron chi connectivity index (χ3n) is 4.18. The highest BCUT2D eigenvalue weighted by atomic mass is 16.5. The highest BCUT2D eigenvalue weighted by molar-refractivity contribution is 5.96. The maximum atomic E-state index is 12.4. The topological polar surface area (TPSA) is 26.3 Å². The van der Waals surface area contributed by atoms with Gasteiger partial charge in [-0.1, -0.05) is 63.2 Å². The lowest BCUT2D eigenvalue weighted by atomic mass is 9.82. The molecule has 1 heterocycles. The first-order valence-electron chi connectivity index (χ1n) is 7.82. The maximum Gasteiger partial charge on any atom is 0.166 e. The lowest BCUT2D eigenvalue weighted by molar-refractivity contribution is 0.0924. The molecule has 0 spiro atoms. The highest BCUT2D eigenvalue weighted by Gasteiger charge is 2.30. The van der Waals surface area contributed by atoms with Gasteiger partial charge in [-0.05, 0) is 17.0 Å². The van der Waals surface area contributed by atoms with Gasteiger partial charge in [-0.25, -0.2) is 0 Å². The molecule has 22 heavy (non-hydrogen) atoms. The van der Waals surface area contributed by atoms with E-state index in [9.17, 15) is 4.79 Å². The number of Topliss-reactive ketones (excluding diaryl/α,β-unsaturated/α-hetero) is 1. The summed E-state index contributed by atoms with van der Waals surface area (Å²) in [6, 6.07) is 15.7. The first-order valence-corrected chi connectivity index (χ1v) is 7.82. The first kappa shape index (κ1) is 14.8. The third kappa shape index (κ3) is 2.92. The van der Waals surface area contributed by atoms with Crippen LogP contribution in [0.3, 0.4) is 0 Å². The van der Waals surface area contributed by atoms with E-state index in [-0.39, 0.29) is 17.3 Å². The van der Waals surface area contributed by atoms with Crippen molar-refractivity contribution in [2.24, 2.45) is 0 Å². The van der Waals surface area contributed by atoms with Gasteiger partial charge in [0, 0.05) is 24.0 Å². The van der Waals surface area contributed by atoms with Crippen LogP contribution in [0.2, 0.25) is 0 Å². The summed E-state index contributed by atoms with van der Waals surface area (Å²) < 4.78 is 6.01. The average Bonchev–Trinajstić information content (AvgIpc) is 2.89. The number of carbonyl (C=O) groups is 1. The number of fused-ring (bicyclic) bond motifs is 1. The van der Waals surface area contributed by atoms with Crippen molar-refractivity contribution in [1.29, 1.82) is 0 Å². The number of ether oxygens (including phenoxy) is 1. The summed E-state index contributed by atoms with van der Waals surface area (Å²) in [6.07, 6.45) is 1.20. The molecule has 0 unspecified atom stereocenters. The molecular weight excluding hydrogens is 272 g/mol. The first-order chi connectivity index (χ1) is 10.4. The minimum absolute atomic E-state index is 0.0498. The molecule has 0 aromatic heterocycles. The van der Waals surface area contributed by atoms with Gasteiger partial charge >= 0.3 is 0 Å². The van der Waals surface area contributed by atoms with E-state index >= 15 is 0 Å². The van der Waals surface area contributed by atoms with Crippen LogP contribution in [0.4, 0.5) is 0 Å². The van der Waals surface area contributed by atoms with Crippen LogP contribution in [0, 0.1) is 0 Å². The normalized spacial score (nSPS) is 17.0. The van der Waals surface area contributed by atoms with Gasteiger partial charge in [-0.3, -0.25) is 4.79 Å². The molecule has 0 saturated carbocycles. The van der Waals surface area contributed by atoms with Crippen molar-refractivity contribution in [3.8, 4) is 5.75 Å². The number of rotatable bonds is 3. The van der Waals surface area contributed by atoms with E-state index in [1.165, 1.54) is 11.1 Å². The zero-order valence-electron chi connectivity index (χ0n) is 13.4. The Kier molecular flexibility index (Phi) is 3.78. The van der Waals surface area contributed by atoms with Crippen molar-refractivity contribution >= 4 is 5.78 Å². The second-order valence-electron chi connectivity index (χ2n) is 6.97. The number of hydrogen-bond acceptors (Lipinski definition) is 2. The van der Waals surface area contributed by atoms with Crippen LogP contribution < -0.4 is 4.74 Å². The molecule has 2 aromatic rings. The summed E-state index contributed by atoms with van der Waals surface area (Å²) in [5, 5.41) is 0. The predicted octanol–water partition coefficient (Wildman–Crippen LogP) is 4.56. The van der Waals surface area contributed by atoms with Crippen molar-refractivity contribution in [1.82, 2.24) is 0 Å². The molecule has 1 atom stereocenters. The van der Waals surface area contributed by atoms with E-state index in [0.717, 1.165) is 17.7 Å². The molecule has 0 N–H and O–H groups in total. The molecule has 0 radical (unpaired) electrons. The molecule has 0 bridgehead atoms. The van der Waals surface area contributed by atoms with Gasteiger partial charge in [-0.15, -0.1) is 0 Å². The third-order valence-corrected chi connectivity index (χ3v) is 4.18. The van der Waals surface area contributed by atoms with E-state index in [4.69, 9.17) is 4.74 Å². The van der Waals surface area contributed by atoms with E-state index in [1.54, 1.807) is 0 Å². The fourth-order valence-corrected chi connectivity index (χ4v) is 3.10. The van der Waals surface area contributed by atoms with Gasteiger partial charge in [0.25, 0.3) is 0 Å². The molecule has 0 fully saturated rings. The minimum Gasteiger partial charge on any atom is -0.489 e. The summed E-state index contributed by atoms with van der Waals surface area (Å²) in [5.41, 5.74) is 3.44. The van der Waals surface area contributed by atoms with Gasteiger partial charge in [0.15, 0.2) is 5.78 Å². The SMILES string of the molecule is CC(C)(C)c1cccc2c1C[C@@H](CC(=O)c1ccccc1)O2. The second kappa shape index (κ2) is 5.60. The van der Waals surface area contributed by atoms with Crippen LogP contribution >= 0.6 is 0 Å². The monoisotopic (exact) mass is 294 g/mol. The fraction of sp³-hybridized carbons (Fsp3) is 0.350. The Bertz CT molecular complexity index is 681. The van der Waals surface area contributed by atoms with Gasteiger partial charge in [-0.2, -0.15) is 0 Å². The van der Waals surface area contributed by atoms with Crippen molar-refractivity contribution in [3.63, 3.8) is 0 Å². The van der Waals surface area contributed by atoms with Crippen molar-refractivity contribution in [2.75, 3.05) is 0 Å². The van der Waals surface area contributed by atoms with Crippen molar-refractivity contribution in [3.05, 3.63) is 65.2 Å². The van der Waals surface area contributed by atoms with Crippen LogP contribution in [-0.2, 0) is 11.8 Å².